The van der Waals surface area contributed by atoms with Gasteiger partial charge in [0.15, 0.2) is 0 Å². The number of hydrogen-bond acceptors (Lipinski definition) is 4. The highest BCUT2D eigenvalue weighted by Gasteiger charge is 2.32. The Hall–Kier alpha value is -1.44. The lowest BCUT2D eigenvalue weighted by Crippen LogP contribution is -2.36. The SMILES string of the molecule is CS(=O)(=O)N1CCc2c(cccc2NC(=O)[C@@H]2CCC[C@@H]2CN)C1. The number of nitrogens with two attached hydrogens (primary N) is 1. The fraction of sp³-hybridized carbons (Fsp3) is 0.588. The molecule has 0 aromatic heterocycles. The van der Waals surface area contributed by atoms with Crippen LogP contribution >= 0.6 is 0 Å². The van der Waals surface area contributed by atoms with Gasteiger partial charge in [0.05, 0.1) is 6.26 Å². The van der Waals surface area contributed by atoms with Gasteiger partial charge in [0.1, 0.15) is 0 Å². The van der Waals surface area contributed by atoms with Gasteiger partial charge in [-0.15, -0.1) is 0 Å². The van der Waals surface area contributed by atoms with Crippen LogP contribution in [0.25, 0.3) is 0 Å². The molecule has 3 rings (SSSR count). The number of benzene rings is 1. The van der Waals surface area contributed by atoms with Crippen molar-refractivity contribution >= 4 is 21.6 Å². The molecule has 1 aromatic rings. The average Bonchev–Trinajstić information content (AvgIpc) is 3.02. The molecule has 1 aliphatic heterocycles. The summed E-state index contributed by atoms with van der Waals surface area (Å²) >= 11 is 0. The standard InChI is InChI=1S/C17H25N3O3S/c1-24(22,23)20-9-8-14-13(11-20)5-3-7-16(14)19-17(21)15-6-2-4-12(15)10-18/h3,5,7,12,15H,2,4,6,8-11,18H2,1H3,(H,19,21)/t12-,15-/m1/s1. The van der Waals surface area contributed by atoms with E-state index in [9.17, 15) is 13.2 Å². The van der Waals surface area contributed by atoms with E-state index in [1.165, 1.54) is 10.6 Å². The van der Waals surface area contributed by atoms with Gasteiger partial charge < -0.3 is 11.1 Å². The molecule has 7 heteroatoms. The topological polar surface area (TPSA) is 92.5 Å². The Morgan fingerprint density at radius 2 is 2.17 bits per heavy atom. The molecule has 1 fully saturated rings. The quantitative estimate of drug-likeness (QED) is 0.856. The molecule has 132 valence electrons. The first-order chi connectivity index (χ1) is 11.4. The first-order valence-corrected chi connectivity index (χ1v) is 10.3. The Bertz CT molecular complexity index is 733. The number of sulfonamides is 1. The number of carbonyl (C=O) groups excluding carboxylic acids is 1. The van der Waals surface area contributed by atoms with Crippen molar-refractivity contribution in [3.05, 3.63) is 29.3 Å². The molecular weight excluding hydrogens is 326 g/mol. The highest BCUT2D eigenvalue weighted by molar-refractivity contribution is 7.88. The Morgan fingerprint density at radius 1 is 1.38 bits per heavy atom. The fourth-order valence-electron chi connectivity index (χ4n) is 3.87. The minimum Gasteiger partial charge on any atom is -0.330 e. The molecule has 1 aromatic carbocycles. The number of fused-ring (bicyclic) bond motifs is 1. The van der Waals surface area contributed by atoms with Gasteiger partial charge in [-0.1, -0.05) is 18.6 Å². The minimum absolute atomic E-state index is 0.0121. The van der Waals surface area contributed by atoms with E-state index in [4.69, 9.17) is 5.73 Å². The second kappa shape index (κ2) is 6.82. The zero-order valence-electron chi connectivity index (χ0n) is 14.0. The molecule has 1 aliphatic carbocycles. The second-order valence-electron chi connectivity index (χ2n) is 6.81. The number of rotatable bonds is 4. The summed E-state index contributed by atoms with van der Waals surface area (Å²) in [6.07, 6.45) is 4.81. The maximum Gasteiger partial charge on any atom is 0.227 e. The van der Waals surface area contributed by atoms with Crippen LogP contribution < -0.4 is 11.1 Å². The normalized spacial score (nSPS) is 24.6. The van der Waals surface area contributed by atoms with Crippen molar-refractivity contribution in [2.75, 3.05) is 24.7 Å². The van der Waals surface area contributed by atoms with Gasteiger partial charge in [-0.05, 0) is 48.9 Å². The molecule has 0 unspecified atom stereocenters. The van der Waals surface area contributed by atoms with E-state index in [-0.39, 0.29) is 17.7 Å². The van der Waals surface area contributed by atoms with Gasteiger partial charge in [-0.2, -0.15) is 4.31 Å². The predicted octanol–water partition coefficient (Wildman–Crippen LogP) is 1.32. The Balaban J connectivity index is 1.78. The summed E-state index contributed by atoms with van der Waals surface area (Å²) in [5.41, 5.74) is 8.61. The minimum atomic E-state index is -3.20. The third-order valence-corrected chi connectivity index (χ3v) is 6.51. The van der Waals surface area contributed by atoms with Crippen LogP contribution in [0.3, 0.4) is 0 Å². The van der Waals surface area contributed by atoms with E-state index in [2.05, 4.69) is 5.32 Å². The lowest BCUT2D eigenvalue weighted by atomic mass is 9.94. The maximum atomic E-state index is 12.6. The monoisotopic (exact) mass is 351 g/mol. The smallest absolute Gasteiger partial charge is 0.227 e. The molecule has 1 amide bonds. The first-order valence-electron chi connectivity index (χ1n) is 8.47. The lowest BCUT2D eigenvalue weighted by Gasteiger charge is -2.28. The van der Waals surface area contributed by atoms with E-state index in [1.807, 2.05) is 18.2 Å². The molecule has 24 heavy (non-hydrogen) atoms. The molecule has 2 atom stereocenters. The number of nitrogens with one attached hydrogen (secondary N) is 1. The average molecular weight is 351 g/mol. The van der Waals surface area contributed by atoms with Gasteiger partial charge in [-0.3, -0.25) is 4.79 Å². The second-order valence-corrected chi connectivity index (χ2v) is 8.79. The third kappa shape index (κ3) is 3.48. The molecule has 1 heterocycles. The van der Waals surface area contributed by atoms with Crippen molar-refractivity contribution in [2.24, 2.45) is 17.6 Å². The molecule has 2 aliphatic rings. The van der Waals surface area contributed by atoms with Crippen molar-refractivity contribution < 1.29 is 13.2 Å². The molecule has 0 spiro atoms. The Labute approximate surface area is 143 Å². The maximum absolute atomic E-state index is 12.6. The van der Waals surface area contributed by atoms with E-state index in [0.29, 0.717) is 26.1 Å². The third-order valence-electron chi connectivity index (χ3n) is 5.26. The molecular formula is C17H25N3O3S. The highest BCUT2D eigenvalue weighted by Crippen LogP contribution is 2.33. The Morgan fingerprint density at radius 3 is 2.88 bits per heavy atom. The number of carbonyl (C=O) groups is 1. The van der Waals surface area contributed by atoms with Gasteiger partial charge in [-0.25, -0.2) is 8.42 Å². The number of hydrogen-bond donors (Lipinski definition) is 2. The summed E-state index contributed by atoms with van der Waals surface area (Å²) in [6.45, 7) is 1.37. The van der Waals surface area contributed by atoms with Gasteiger partial charge >= 0.3 is 0 Å². The van der Waals surface area contributed by atoms with E-state index in [1.54, 1.807) is 0 Å². The van der Waals surface area contributed by atoms with Crippen LogP contribution in [-0.4, -0.2) is 38.0 Å². The lowest BCUT2D eigenvalue weighted by molar-refractivity contribution is -0.120. The summed E-state index contributed by atoms with van der Waals surface area (Å²) < 4.78 is 25.0. The largest absolute Gasteiger partial charge is 0.330 e. The van der Waals surface area contributed by atoms with Crippen LogP contribution in [0.5, 0.6) is 0 Å². The van der Waals surface area contributed by atoms with Crippen molar-refractivity contribution in [3.8, 4) is 0 Å². The fourth-order valence-corrected chi connectivity index (χ4v) is 4.67. The molecule has 0 bridgehead atoms. The van der Waals surface area contributed by atoms with Gasteiger partial charge in [0.2, 0.25) is 15.9 Å². The van der Waals surface area contributed by atoms with Gasteiger partial charge in [0, 0.05) is 24.7 Å². The predicted molar refractivity (Wildman–Crippen MR) is 93.9 cm³/mol. The number of amides is 1. The molecule has 0 saturated heterocycles. The van der Waals surface area contributed by atoms with Crippen LogP contribution in [0.15, 0.2) is 18.2 Å². The zero-order valence-corrected chi connectivity index (χ0v) is 14.8. The zero-order chi connectivity index (χ0) is 17.3. The molecule has 6 nitrogen and oxygen atoms in total. The van der Waals surface area contributed by atoms with Crippen molar-refractivity contribution in [3.63, 3.8) is 0 Å². The van der Waals surface area contributed by atoms with E-state index >= 15 is 0 Å². The van der Waals surface area contributed by atoms with Crippen LogP contribution in [0.4, 0.5) is 5.69 Å². The highest BCUT2D eigenvalue weighted by atomic mass is 32.2. The number of anilines is 1. The van der Waals surface area contributed by atoms with E-state index in [0.717, 1.165) is 36.1 Å². The van der Waals surface area contributed by atoms with Crippen molar-refractivity contribution in [2.45, 2.75) is 32.2 Å². The summed E-state index contributed by atoms with van der Waals surface area (Å²) in [4.78, 5) is 12.6. The van der Waals surface area contributed by atoms with E-state index < -0.39 is 10.0 Å². The molecule has 1 saturated carbocycles. The summed E-state index contributed by atoms with van der Waals surface area (Å²) in [5.74, 6) is 0.300. The first kappa shape index (κ1) is 17.4. The van der Waals surface area contributed by atoms with Crippen LogP contribution in [0, 0.1) is 11.8 Å². The van der Waals surface area contributed by atoms with Crippen LogP contribution in [0.1, 0.15) is 30.4 Å². The summed E-state index contributed by atoms with van der Waals surface area (Å²) in [5, 5.41) is 3.07. The van der Waals surface area contributed by atoms with Crippen molar-refractivity contribution in [1.82, 2.24) is 4.31 Å². The van der Waals surface area contributed by atoms with Crippen molar-refractivity contribution in [1.29, 1.82) is 0 Å². The van der Waals surface area contributed by atoms with Crippen LogP contribution in [0.2, 0.25) is 0 Å². The summed E-state index contributed by atoms with van der Waals surface area (Å²) in [7, 11) is -3.20. The molecule has 3 N–H and O–H groups in total. The van der Waals surface area contributed by atoms with Gasteiger partial charge in [0.25, 0.3) is 0 Å². The number of nitrogens with zero attached hydrogens (tertiary/aromatic N) is 1. The summed E-state index contributed by atoms with van der Waals surface area (Å²) in [6, 6.07) is 5.70. The Kier molecular flexibility index (Phi) is 4.94. The van der Waals surface area contributed by atoms with Crippen LogP contribution in [-0.2, 0) is 27.8 Å². The molecule has 0 radical (unpaired) electrons.